The molecule has 0 bridgehead atoms. The van der Waals surface area contributed by atoms with Crippen LogP contribution >= 0.6 is 0 Å². The van der Waals surface area contributed by atoms with E-state index in [1.807, 2.05) is 0 Å². The molecule has 130 valence electrons. The number of morpholine rings is 1. The molecular formula is C11H19N5O6S. The maximum Gasteiger partial charge on any atom is 0.434 e. The number of nitro groups is 1. The van der Waals surface area contributed by atoms with Gasteiger partial charge in [0.05, 0.1) is 26.4 Å². The topological polar surface area (TPSA) is 143 Å². The normalized spacial score (nSPS) is 16.6. The summed E-state index contributed by atoms with van der Waals surface area (Å²) in [6.45, 7) is 3.62. The Morgan fingerprint density at radius 3 is 2.70 bits per heavy atom. The van der Waals surface area contributed by atoms with Crippen LogP contribution in [0, 0.1) is 10.1 Å². The van der Waals surface area contributed by atoms with E-state index < -0.39 is 15.2 Å². The van der Waals surface area contributed by atoms with Crippen LogP contribution < -0.4 is 5.14 Å². The first-order valence-electron chi connectivity index (χ1n) is 7.03. The molecule has 12 heteroatoms. The average molecular weight is 349 g/mol. The lowest BCUT2D eigenvalue weighted by Crippen LogP contribution is -2.38. The van der Waals surface area contributed by atoms with Crippen molar-refractivity contribution in [3.05, 3.63) is 22.0 Å². The zero-order valence-electron chi connectivity index (χ0n) is 12.5. The standard InChI is InChI=1S/C11H19N5O6S/c12-23(19,20)22-6-1-10-9-13-11(16(17)18)15(10)3-2-14-4-7-21-8-5-14/h9H,1-8H2,(H2,12,19,20). The number of hydrogen-bond donors (Lipinski definition) is 1. The first kappa shape index (κ1) is 17.7. The summed E-state index contributed by atoms with van der Waals surface area (Å²) < 4.78 is 32.7. The third-order valence-electron chi connectivity index (χ3n) is 3.43. The predicted octanol–water partition coefficient (Wildman–Crippen LogP) is -1.11. The summed E-state index contributed by atoms with van der Waals surface area (Å²) in [5, 5.41) is 15.8. The van der Waals surface area contributed by atoms with Crippen molar-refractivity contribution in [3.63, 3.8) is 0 Å². The van der Waals surface area contributed by atoms with Crippen LogP contribution in [0.4, 0.5) is 5.95 Å². The van der Waals surface area contributed by atoms with Crippen molar-refractivity contribution < 1.29 is 22.3 Å². The van der Waals surface area contributed by atoms with Gasteiger partial charge in [0.1, 0.15) is 11.9 Å². The molecule has 0 aromatic carbocycles. The molecular weight excluding hydrogens is 330 g/mol. The van der Waals surface area contributed by atoms with Crippen molar-refractivity contribution in [1.82, 2.24) is 14.5 Å². The van der Waals surface area contributed by atoms with E-state index in [2.05, 4.69) is 14.1 Å². The highest BCUT2D eigenvalue weighted by atomic mass is 32.2. The van der Waals surface area contributed by atoms with Crippen LogP contribution in [0.1, 0.15) is 5.69 Å². The summed E-state index contributed by atoms with van der Waals surface area (Å²) in [6, 6.07) is 0. The molecule has 1 aliphatic heterocycles. The Labute approximate surface area is 133 Å². The summed E-state index contributed by atoms with van der Waals surface area (Å²) in [6.07, 6.45) is 1.50. The van der Waals surface area contributed by atoms with Gasteiger partial charge < -0.3 is 14.9 Å². The Bertz CT molecular complexity index is 639. The Kier molecular flexibility index (Phi) is 6.01. The second-order valence-corrected chi connectivity index (χ2v) is 6.20. The van der Waals surface area contributed by atoms with Crippen LogP contribution in [0.25, 0.3) is 0 Å². The summed E-state index contributed by atoms with van der Waals surface area (Å²) >= 11 is 0. The second kappa shape index (κ2) is 7.79. The molecule has 1 saturated heterocycles. The number of ether oxygens (including phenoxy) is 1. The molecule has 1 aromatic rings. The van der Waals surface area contributed by atoms with Gasteiger partial charge in [-0.1, -0.05) is 4.98 Å². The van der Waals surface area contributed by atoms with E-state index >= 15 is 0 Å². The number of hydrogen-bond acceptors (Lipinski definition) is 8. The van der Waals surface area contributed by atoms with Gasteiger partial charge in [-0.15, -0.1) is 0 Å². The molecule has 0 unspecified atom stereocenters. The smallest absolute Gasteiger partial charge is 0.390 e. The van der Waals surface area contributed by atoms with E-state index in [-0.39, 0.29) is 19.0 Å². The highest BCUT2D eigenvalue weighted by Crippen LogP contribution is 2.14. The molecule has 23 heavy (non-hydrogen) atoms. The van der Waals surface area contributed by atoms with Crippen molar-refractivity contribution >= 4 is 16.3 Å². The van der Waals surface area contributed by atoms with E-state index in [0.717, 1.165) is 13.1 Å². The van der Waals surface area contributed by atoms with Gasteiger partial charge in [0.25, 0.3) is 0 Å². The van der Waals surface area contributed by atoms with Crippen LogP contribution in [0.15, 0.2) is 6.20 Å². The zero-order chi connectivity index (χ0) is 16.9. The van der Waals surface area contributed by atoms with Crippen LogP contribution in [0.2, 0.25) is 0 Å². The minimum absolute atomic E-state index is 0.153. The van der Waals surface area contributed by atoms with Gasteiger partial charge in [-0.2, -0.15) is 8.42 Å². The molecule has 2 N–H and O–H groups in total. The predicted molar refractivity (Wildman–Crippen MR) is 78.9 cm³/mol. The van der Waals surface area contributed by atoms with Crippen LogP contribution in [-0.2, 0) is 32.2 Å². The molecule has 11 nitrogen and oxygen atoms in total. The lowest BCUT2D eigenvalue weighted by molar-refractivity contribution is -0.396. The third-order valence-corrected chi connectivity index (χ3v) is 3.93. The molecule has 0 amide bonds. The Hall–Kier alpha value is -1.60. The summed E-state index contributed by atoms with van der Waals surface area (Å²) in [7, 11) is -4.03. The van der Waals surface area contributed by atoms with Gasteiger partial charge in [-0.05, 0) is 4.92 Å². The largest absolute Gasteiger partial charge is 0.434 e. The molecule has 0 radical (unpaired) electrons. The fourth-order valence-corrected chi connectivity index (χ4v) is 2.63. The van der Waals surface area contributed by atoms with Gasteiger partial charge in [0, 0.05) is 26.1 Å². The van der Waals surface area contributed by atoms with Crippen LogP contribution in [0.3, 0.4) is 0 Å². The third kappa shape index (κ3) is 5.51. The molecule has 0 atom stereocenters. The first-order chi connectivity index (χ1) is 10.9. The maximum atomic E-state index is 11.1. The first-order valence-corrected chi connectivity index (χ1v) is 8.50. The fraction of sp³-hybridized carbons (Fsp3) is 0.727. The van der Waals surface area contributed by atoms with Crippen molar-refractivity contribution in [1.29, 1.82) is 0 Å². The lowest BCUT2D eigenvalue weighted by atomic mass is 10.3. The fourth-order valence-electron chi connectivity index (χ4n) is 2.32. The molecule has 0 aliphatic carbocycles. The zero-order valence-corrected chi connectivity index (χ0v) is 13.3. The molecule has 2 rings (SSSR count). The Morgan fingerprint density at radius 1 is 1.39 bits per heavy atom. The molecule has 1 fully saturated rings. The van der Waals surface area contributed by atoms with E-state index in [9.17, 15) is 18.5 Å². The number of rotatable bonds is 8. The van der Waals surface area contributed by atoms with Crippen LogP contribution in [0.5, 0.6) is 0 Å². The molecule has 1 aromatic heterocycles. The van der Waals surface area contributed by atoms with E-state index in [1.54, 1.807) is 0 Å². The number of nitrogens with zero attached hydrogens (tertiary/aromatic N) is 4. The molecule has 0 saturated carbocycles. The average Bonchev–Trinajstić information content (AvgIpc) is 2.88. The summed E-state index contributed by atoms with van der Waals surface area (Å²) in [5.41, 5.74) is 0.522. The van der Waals surface area contributed by atoms with Crippen molar-refractivity contribution in [2.75, 3.05) is 39.5 Å². The lowest BCUT2D eigenvalue weighted by Gasteiger charge is -2.26. The summed E-state index contributed by atoms with van der Waals surface area (Å²) in [4.78, 5) is 16.4. The van der Waals surface area contributed by atoms with Gasteiger partial charge in [0.15, 0.2) is 0 Å². The van der Waals surface area contributed by atoms with Gasteiger partial charge in [-0.3, -0.25) is 9.08 Å². The van der Waals surface area contributed by atoms with Crippen LogP contribution in [-0.4, -0.2) is 67.2 Å². The van der Waals surface area contributed by atoms with Gasteiger partial charge in [-0.25, -0.2) is 9.71 Å². The van der Waals surface area contributed by atoms with Gasteiger partial charge >= 0.3 is 16.3 Å². The monoisotopic (exact) mass is 349 g/mol. The van der Waals surface area contributed by atoms with E-state index in [4.69, 9.17) is 9.88 Å². The molecule has 0 spiro atoms. The highest BCUT2D eigenvalue weighted by molar-refractivity contribution is 7.84. The number of imidazole rings is 1. The SMILES string of the molecule is NS(=O)(=O)OCCc1cnc([N+](=O)[O-])n1CCN1CCOCC1. The van der Waals surface area contributed by atoms with E-state index in [0.29, 0.717) is 32.0 Å². The number of nitrogens with two attached hydrogens (primary N) is 1. The minimum Gasteiger partial charge on any atom is -0.390 e. The van der Waals surface area contributed by atoms with Crippen molar-refractivity contribution in [2.24, 2.45) is 5.14 Å². The molecule has 1 aliphatic rings. The maximum absolute atomic E-state index is 11.1. The molecule has 2 heterocycles. The van der Waals surface area contributed by atoms with Gasteiger partial charge in [0.2, 0.25) is 0 Å². The Morgan fingerprint density at radius 2 is 2.09 bits per heavy atom. The summed E-state index contributed by atoms with van der Waals surface area (Å²) in [5.74, 6) is -0.274. The number of aromatic nitrogens is 2. The highest BCUT2D eigenvalue weighted by Gasteiger charge is 2.22. The minimum atomic E-state index is -4.03. The van der Waals surface area contributed by atoms with E-state index in [1.165, 1.54) is 10.8 Å². The quantitative estimate of drug-likeness (QED) is 0.459. The Balaban J connectivity index is 2.01. The van der Waals surface area contributed by atoms with Crippen molar-refractivity contribution in [2.45, 2.75) is 13.0 Å². The van der Waals surface area contributed by atoms with Crippen molar-refractivity contribution in [3.8, 4) is 0 Å². The second-order valence-electron chi connectivity index (χ2n) is 4.98.